The summed E-state index contributed by atoms with van der Waals surface area (Å²) in [6.45, 7) is 1.39. The maximum absolute atomic E-state index is 12.8. The summed E-state index contributed by atoms with van der Waals surface area (Å²) in [5.74, 6) is -0.208. The van der Waals surface area contributed by atoms with E-state index in [0.717, 1.165) is 19.3 Å². The van der Waals surface area contributed by atoms with Gasteiger partial charge in [0.15, 0.2) is 0 Å². The second-order valence-corrected chi connectivity index (χ2v) is 7.78. The molecule has 0 saturated carbocycles. The van der Waals surface area contributed by atoms with Gasteiger partial charge in [0.2, 0.25) is 11.8 Å². The summed E-state index contributed by atoms with van der Waals surface area (Å²) in [6, 6.07) is 16.4. The molecule has 2 aromatic carbocycles. The number of anilines is 1. The Labute approximate surface area is 170 Å². The molecular formula is C23H25N3O3. The normalized spacial score (nSPS) is 19.7. The first-order valence-electron chi connectivity index (χ1n) is 10.1. The highest BCUT2D eigenvalue weighted by atomic mass is 16.2. The number of fused-ring (bicyclic) bond motifs is 1. The summed E-state index contributed by atoms with van der Waals surface area (Å²) in [7, 11) is 0. The molecule has 2 aromatic rings. The van der Waals surface area contributed by atoms with E-state index in [0.29, 0.717) is 30.3 Å². The number of nitrogens with one attached hydrogen (secondary N) is 2. The third kappa shape index (κ3) is 4.47. The zero-order valence-corrected chi connectivity index (χ0v) is 16.3. The molecule has 0 bridgehead atoms. The lowest BCUT2D eigenvalue weighted by Gasteiger charge is -2.33. The van der Waals surface area contributed by atoms with E-state index in [2.05, 4.69) is 34.9 Å². The van der Waals surface area contributed by atoms with E-state index in [9.17, 15) is 14.4 Å². The van der Waals surface area contributed by atoms with Crippen LogP contribution in [0, 0.1) is 5.92 Å². The number of benzene rings is 2. The second-order valence-electron chi connectivity index (χ2n) is 7.78. The van der Waals surface area contributed by atoms with Crippen LogP contribution in [0.2, 0.25) is 0 Å². The van der Waals surface area contributed by atoms with Gasteiger partial charge >= 0.3 is 0 Å². The molecule has 0 spiro atoms. The second kappa shape index (κ2) is 8.47. The van der Waals surface area contributed by atoms with E-state index in [1.165, 1.54) is 5.56 Å². The van der Waals surface area contributed by atoms with E-state index in [1.807, 2.05) is 11.0 Å². The molecule has 0 unspecified atom stereocenters. The first-order chi connectivity index (χ1) is 14.1. The summed E-state index contributed by atoms with van der Waals surface area (Å²) >= 11 is 0. The monoisotopic (exact) mass is 391 g/mol. The van der Waals surface area contributed by atoms with E-state index in [-0.39, 0.29) is 24.1 Å². The number of rotatable bonds is 4. The molecule has 2 aliphatic heterocycles. The number of carbonyl (C=O) groups is 3. The molecule has 1 fully saturated rings. The summed E-state index contributed by atoms with van der Waals surface area (Å²) < 4.78 is 0. The summed E-state index contributed by atoms with van der Waals surface area (Å²) in [5.41, 5.74) is 2.22. The van der Waals surface area contributed by atoms with Gasteiger partial charge in [-0.25, -0.2) is 0 Å². The fourth-order valence-electron chi connectivity index (χ4n) is 4.09. The van der Waals surface area contributed by atoms with E-state index < -0.39 is 6.04 Å². The molecule has 3 amide bonds. The first kappa shape index (κ1) is 19.2. The lowest BCUT2D eigenvalue weighted by Crippen LogP contribution is -2.47. The Morgan fingerprint density at radius 3 is 2.41 bits per heavy atom. The Balaban J connectivity index is 1.32. The number of likely N-dealkylation sites (tertiary alicyclic amines) is 1. The topological polar surface area (TPSA) is 78.5 Å². The maximum atomic E-state index is 12.8. The van der Waals surface area contributed by atoms with Gasteiger partial charge in [-0.05, 0) is 42.9 Å². The molecule has 0 radical (unpaired) electrons. The lowest BCUT2D eigenvalue weighted by molar-refractivity contribution is -0.135. The molecule has 0 aliphatic carbocycles. The number of hydrogen-bond acceptors (Lipinski definition) is 3. The molecule has 29 heavy (non-hydrogen) atoms. The molecule has 0 aromatic heterocycles. The van der Waals surface area contributed by atoms with Crippen LogP contribution in [0.1, 0.15) is 35.2 Å². The van der Waals surface area contributed by atoms with Crippen molar-refractivity contribution in [3.8, 4) is 0 Å². The Kier molecular flexibility index (Phi) is 5.60. The Morgan fingerprint density at radius 2 is 1.66 bits per heavy atom. The van der Waals surface area contributed by atoms with Crippen molar-refractivity contribution in [3.05, 3.63) is 65.7 Å². The van der Waals surface area contributed by atoms with Gasteiger partial charge in [-0.3, -0.25) is 14.4 Å². The van der Waals surface area contributed by atoms with Crippen LogP contribution >= 0.6 is 0 Å². The van der Waals surface area contributed by atoms with Crippen LogP contribution in [-0.2, 0) is 16.0 Å². The highest BCUT2D eigenvalue weighted by Gasteiger charge is 2.32. The number of carbonyl (C=O) groups excluding carboxylic acids is 3. The molecule has 4 rings (SSSR count). The van der Waals surface area contributed by atoms with Gasteiger partial charge in [-0.1, -0.05) is 42.5 Å². The number of piperidine rings is 1. The van der Waals surface area contributed by atoms with Crippen LogP contribution in [0.3, 0.4) is 0 Å². The van der Waals surface area contributed by atoms with Gasteiger partial charge in [0, 0.05) is 13.1 Å². The van der Waals surface area contributed by atoms with Gasteiger partial charge < -0.3 is 15.5 Å². The fraction of sp³-hybridized carbons (Fsp3) is 0.348. The van der Waals surface area contributed by atoms with Crippen molar-refractivity contribution >= 4 is 23.4 Å². The quantitative estimate of drug-likeness (QED) is 0.841. The third-order valence-electron chi connectivity index (χ3n) is 5.76. The number of para-hydroxylation sites is 1. The van der Waals surface area contributed by atoms with Crippen LogP contribution < -0.4 is 10.6 Å². The molecule has 6 nitrogen and oxygen atoms in total. The number of hydrogen-bond donors (Lipinski definition) is 2. The van der Waals surface area contributed by atoms with Gasteiger partial charge in [-0.2, -0.15) is 0 Å². The minimum absolute atomic E-state index is 0.0189. The molecule has 1 atom stereocenters. The van der Waals surface area contributed by atoms with Crippen LogP contribution in [0.25, 0.3) is 0 Å². The van der Waals surface area contributed by atoms with Gasteiger partial charge in [0.05, 0.1) is 17.7 Å². The fourth-order valence-corrected chi connectivity index (χ4v) is 4.09. The van der Waals surface area contributed by atoms with Crippen molar-refractivity contribution in [3.63, 3.8) is 0 Å². The first-order valence-corrected chi connectivity index (χ1v) is 10.1. The molecule has 2 N–H and O–H groups in total. The average Bonchev–Trinajstić information content (AvgIpc) is 2.85. The largest absolute Gasteiger partial charge is 0.343 e. The van der Waals surface area contributed by atoms with E-state index in [4.69, 9.17) is 0 Å². The van der Waals surface area contributed by atoms with Crippen LogP contribution in [0.5, 0.6) is 0 Å². The predicted molar refractivity (Wildman–Crippen MR) is 110 cm³/mol. The predicted octanol–water partition coefficient (Wildman–Crippen LogP) is 2.61. The number of amides is 3. The smallest absolute Gasteiger partial charge is 0.254 e. The SMILES string of the molecule is O=C1N[C@H](CC(=O)N2CCC(Cc3ccccc3)CC2)C(=O)Nc2ccccc21. The zero-order chi connectivity index (χ0) is 20.2. The highest BCUT2D eigenvalue weighted by Crippen LogP contribution is 2.23. The summed E-state index contributed by atoms with van der Waals surface area (Å²) in [6.07, 6.45) is 2.92. The minimum atomic E-state index is -0.857. The maximum Gasteiger partial charge on any atom is 0.254 e. The molecule has 150 valence electrons. The van der Waals surface area contributed by atoms with E-state index in [1.54, 1.807) is 24.3 Å². The standard InChI is InChI=1S/C23H25N3O3/c27-21(26-12-10-17(11-13-26)14-16-6-2-1-3-7-16)15-20-23(29)24-19-9-5-4-8-18(19)22(28)25-20/h1-9,17,20H,10-15H2,(H,24,29)(H,25,28)/t20-/m1/s1. The molecule has 2 aliphatic rings. The highest BCUT2D eigenvalue weighted by molar-refractivity contribution is 6.10. The zero-order valence-electron chi connectivity index (χ0n) is 16.3. The van der Waals surface area contributed by atoms with Crippen LogP contribution in [0.4, 0.5) is 5.69 Å². The lowest BCUT2D eigenvalue weighted by atomic mass is 9.90. The van der Waals surface area contributed by atoms with Crippen molar-refractivity contribution in [2.75, 3.05) is 18.4 Å². The summed E-state index contributed by atoms with van der Waals surface area (Å²) in [4.78, 5) is 39.5. The van der Waals surface area contributed by atoms with Gasteiger partial charge in [0.25, 0.3) is 5.91 Å². The van der Waals surface area contributed by atoms with Crippen LogP contribution in [0.15, 0.2) is 54.6 Å². The molecular weight excluding hydrogens is 366 g/mol. The van der Waals surface area contributed by atoms with Crippen molar-refractivity contribution in [2.45, 2.75) is 31.7 Å². The Morgan fingerprint density at radius 1 is 0.966 bits per heavy atom. The third-order valence-corrected chi connectivity index (χ3v) is 5.76. The summed E-state index contributed by atoms with van der Waals surface area (Å²) in [5, 5.41) is 5.45. The Bertz CT molecular complexity index is 905. The number of nitrogens with zero attached hydrogens (tertiary/aromatic N) is 1. The molecule has 2 heterocycles. The van der Waals surface area contributed by atoms with Crippen molar-refractivity contribution in [1.82, 2.24) is 10.2 Å². The molecule has 1 saturated heterocycles. The van der Waals surface area contributed by atoms with Crippen molar-refractivity contribution in [1.29, 1.82) is 0 Å². The Hall–Kier alpha value is -3.15. The van der Waals surface area contributed by atoms with Gasteiger partial charge in [-0.15, -0.1) is 0 Å². The molecule has 6 heteroatoms. The average molecular weight is 391 g/mol. The van der Waals surface area contributed by atoms with Crippen molar-refractivity contribution < 1.29 is 14.4 Å². The van der Waals surface area contributed by atoms with Crippen LogP contribution in [-0.4, -0.2) is 41.8 Å². The van der Waals surface area contributed by atoms with Crippen molar-refractivity contribution in [2.24, 2.45) is 5.92 Å². The van der Waals surface area contributed by atoms with Gasteiger partial charge in [0.1, 0.15) is 6.04 Å². The minimum Gasteiger partial charge on any atom is -0.343 e. The van der Waals surface area contributed by atoms with E-state index >= 15 is 0 Å².